The van der Waals surface area contributed by atoms with Crippen molar-refractivity contribution in [2.75, 3.05) is 0 Å². The summed E-state index contributed by atoms with van der Waals surface area (Å²) in [6.45, 7) is 0.442. The van der Waals surface area contributed by atoms with Crippen LogP contribution in [0.2, 0.25) is 0 Å². The van der Waals surface area contributed by atoms with Crippen molar-refractivity contribution >= 4 is 40.3 Å². The SMILES string of the molecule is O=C(CCC1C(=O)N=C2c3ccccc3N=C(SCc3ccc(F)cc3)N21)NCc1ccccc1. The van der Waals surface area contributed by atoms with Gasteiger partial charge in [0.05, 0.1) is 5.69 Å². The predicted octanol–water partition coefficient (Wildman–Crippen LogP) is 4.81. The van der Waals surface area contributed by atoms with Crippen LogP contribution in [0.1, 0.15) is 29.5 Å². The van der Waals surface area contributed by atoms with Crippen LogP contribution in [0.25, 0.3) is 0 Å². The average Bonchev–Trinajstić information content (AvgIpc) is 3.22. The van der Waals surface area contributed by atoms with Crippen molar-refractivity contribution in [2.45, 2.75) is 31.2 Å². The highest BCUT2D eigenvalue weighted by atomic mass is 32.2. The monoisotopic (exact) mass is 486 g/mol. The number of halogens is 1. The quantitative estimate of drug-likeness (QED) is 0.520. The highest BCUT2D eigenvalue weighted by Gasteiger charge is 2.41. The normalized spacial score (nSPS) is 16.3. The molecule has 2 amide bonds. The standard InChI is InChI=1S/C27H23FN4O2S/c28-20-12-10-19(11-13-20)17-35-27-30-22-9-5-4-8-21(22)25-31-26(34)23(32(25)27)14-15-24(33)29-16-18-6-2-1-3-7-18/h1-13,23H,14-17H2,(H,29,33). The summed E-state index contributed by atoms with van der Waals surface area (Å²) < 4.78 is 13.3. The maximum Gasteiger partial charge on any atom is 0.270 e. The molecule has 8 heteroatoms. The number of amidine groups is 2. The third-order valence-corrected chi connectivity index (χ3v) is 6.89. The lowest BCUT2D eigenvalue weighted by molar-refractivity contribution is -0.122. The molecule has 0 saturated heterocycles. The molecule has 0 radical (unpaired) electrons. The van der Waals surface area contributed by atoms with Gasteiger partial charge in [0.1, 0.15) is 17.7 Å². The number of benzene rings is 3. The number of thioether (sulfide) groups is 1. The zero-order valence-corrected chi connectivity index (χ0v) is 19.7. The number of fused-ring (bicyclic) bond motifs is 3. The number of hydrogen-bond acceptors (Lipinski definition) is 5. The largest absolute Gasteiger partial charge is 0.352 e. The second-order valence-electron chi connectivity index (χ2n) is 8.29. The third-order valence-electron chi connectivity index (χ3n) is 5.87. The summed E-state index contributed by atoms with van der Waals surface area (Å²) >= 11 is 1.46. The number of nitrogens with one attached hydrogen (secondary N) is 1. The second-order valence-corrected chi connectivity index (χ2v) is 9.23. The summed E-state index contributed by atoms with van der Waals surface area (Å²) in [5, 5.41) is 3.56. The van der Waals surface area contributed by atoms with Crippen LogP contribution in [-0.2, 0) is 21.9 Å². The maximum atomic E-state index is 13.3. The third kappa shape index (κ3) is 5.17. The Morgan fingerprint density at radius 2 is 1.69 bits per heavy atom. The van der Waals surface area contributed by atoms with Gasteiger partial charge in [0, 0.05) is 24.3 Å². The molecule has 3 aromatic rings. The Labute approximate surface area is 207 Å². The second kappa shape index (κ2) is 10.2. The fourth-order valence-corrected chi connectivity index (χ4v) is 5.06. The Morgan fingerprint density at radius 3 is 2.49 bits per heavy atom. The number of carbonyl (C=O) groups is 2. The first kappa shape index (κ1) is 23.0. The molecule has 0 spiro atoms. The van der Waals surface area contributed by atoms with Crippen LogP contribution in [0, 0.1) is 5.82 Å². The van der Waals surface area contributed by atoms with Crippen LogP contribution in [0.5, 0.6) is 0 Å². The van der Waals surface area contributed by atoms with E-state index in [1.807, 2.05) is 59.5 Å². The number of amides is 2. The summed E-state index contributed by atoms with van der Waals surface area (Å²) in [5.74, 6) is 0.446. The number of carbonyl (C=O) groups excluding carboxylic acids is 2. The van der Waals surface area contributed by atoms with Gasteiger partial charge in [-0.3, -0.25) is 14.5 Å². The molecule has 1 N–H and O–H groups in total. The molecule has 2 aliphatic rings. The summed E-state index contributed by atoms with van der Waals surface area (Å²) in [5.41, 5.74) is 3.50. The van der Waals surface area contributed by atoms with Crippen molar-refractivity contribution in [2.24, 2.45) is 9.98 Å². The Kier molecular flexibility index (Phi) is 6.72. The lowest BCUT2D eigenvalue weighted by Gasteiger charge is -2.31. The minimum absolute atomic E-state index is 0.120. The Balaban J connectivity index is 1.31. The van der Waals surface area contributed by atoms with Gasteiger partial charge in [-0.25, -0.2) is 9.38 Å². The van der Waals surface area contributed by atoms with E-state index in [4.69, 9.17) is 4.99 Å². The molecular formula is C27H23FN4O2S. The van der Waals surface area contributed by atoms with Gasteiger partial charge in [0.25, 0.3) is 5.91 Å². The summed E-state index contributed by atoms with van der Waals surface area (Å²) in [6.07, 6.45) is 0.519. The van der Waals surface area contributed by atoms with Gasteiger partial charge in [-0.15, -0.1) is 0 Å². The molecule has 6 nitrogen and oxygen atoms in total. The van der Waals surface area contributed by atoms with Crippen molar-refractivity contribution in [3.05, 3.63) is 101 Å². The van der Waals surface area contributed by atoms with Gasteiger partial charge < -0.3 is 5.32 Å². The lowest BCUT2D eigenvalue weighted by Crippen LogP contribution is -2.44. The summed E-state index contributed by atoms with van der Waals surface area (Å²) in [6, 6.07) is 23.0. The van der Waals surface area contributed by atoms with Crippen molar-refractivity contribution in [3.63, 3.8) is 0 Å². The molecule has 1 unspecified atom stereocenters. The van der Waals surface area contributed by atoms with E-state index in [2.05, 4.69) is 10.3 Å². The first-order chi connectivity index (χ1) is 17.1. The average molecular weight is 487 g/mol. The number of nitrogens with zero attached hydrogens (tertiary/aromatic N) is 3. The molecule has 176 valence electrons. The highest BCUT2D eigenvalue weighted by Crippen LogP contribution is 2.36. The van der Waals surface area contributed by atoms with Crippen LogP contribution < -0.4 is 5.32 Å². The zero-order valence-electron chi connectivity index (χ0n) is 18.9. The fraction of sp³-hybridized carbons (Fsp3) is 0.185. The van der Waals surface area contributed by atoms with Crippen LogP contribution >= 0.6 is 11.8 Å². The van der Waals surface area contributed by atoms with Crippen LogP contribution in [0.15, 0.2) is 88.8 Å². The molecule has 0 aliphatic carbocycles. The maximum absolute atomic E-state index is 13.3. The fourth-order valence-electron chi connectivity index (χ4n) is 4.06. The van der Waals surface area contributed by atoms with E-state index in [1.165, 1.54) is 23.9 Å². The van der Waals surface area contributed by atoms with Crippen molar-refractivity contribution in [3.8, 4) is 0 Å². The minimum Gasteiger partial charge on any atom is -0.352 e. The number of rotatable bonds is 7. The predicted molar refractivity (Wildman–Crippen MR) is 136 cm³/mol. The number of hydrogen-bond donors (Lipinski definition) is 1. The Morgan fingerprint density at radius 1 is 0.943 bits per heavy atom. The molecule has 1 atom stereocenters. The van der Waals surface area contributed by atoms with E-state index in [0.717, 1.165) is 22.4 Å². The first-order valence-electron chi connectivity index (χ1n) is 11.4. The number of aliphatic imine (C=N–C) groups is 2. The van der Waals surface area contributed by atoms with Crippen LogP contribution in [0.3, 0.4) is 0 Å². The van der Waals surface area contributed by atoms with Gasteiger partial charge in [0.15, 0.2) is 5.17 Å². The molecule has 2 heterocycles. The van der Waals surface area contributed by atoms with Gasteiger partial charge >= 0.3 is 0 Å². The van der Waals surface area contributed by atoms with Gasteiger partial charge in [0.2, 0.25) is 5.91 Å². The van der Waals surface area contributed by atoms with E-state index in [1.54, 1.807) is 12.1 Å². The van der Waals surface area contributed by atoms with Gasteiger partial charge in [-0.2, -0.15) is 4.99 Å². The molecule has 0 bridgehead atoms. The van der Waals surface area contributed by atoms with E-state index < -0.39 is 6.04 Å². The van der Waals surface area contributed by atoms with Crippen LogP contribution in [-0.4, -0.2) is 33.8 Å². The topological polar surface area (TPSA) is 74.1 Å². The summed E-state index contributed by atoms with van der Waals surface area (Å²) in [4.78, 5) is 36.5. The van der Waals surface area contributed by atoms with E-state index in [-0.39, 0.29) is 24.1 Å². The molecular weight excluding hydrogens is 463 g/mol. The van der Waals surface area contributed by atoms with E-state index in [9.17, 15) is 14.0 Å². The smallest absolute Gasteiger partial charge is 0.270 e. The van der Waals surface area contributed by atoms with Crippen LogP contribution in [0.4, 0.5) is 10.1 Å². The van der Waals surface area contributed by atoms with Crippen molar-refractivity contribution in [1.82, 2.24) is 10.2 Å². The molecule has 2 aliphatic heterocycles. The van der Waals surface area contributed by atoms with E-state index in [0.29, 0.717) is 29.7 Å². The van der Waals surface area contributed by atoms with Crippen molar-refractivity contribution in [1.29, 1.82) is 0 Å². The molecule has 35 heavy (non-hydrogen) atoms. The molecule has 0 saturated carbocycles. The molecule has 0 aromatic heterocycles. The summed E-state index contributed by atoms with van der Waals surface area (Å²) in [7, 11) is 0. The molecule has 5 rings (SSSR count). The first-order valence-corrected chi connectivity index (χ1v) is 12.3. The number of para-hydroxylation sites is 1. The van der Waals surface area contributed by atoms with E-state index >= 15 is 0 Å². The minimum atomic E-state index is -0.597. The van der Waals surface area contributed by atoms with Crippen molar-refractivity contribution < 1.29 is 14.0 Å². The highest BCUT2D eigenvalue weighted by molar-refractivity contribution is 8.13. The molecule has 0 fully saturated rings. The Hall–Kier alpha value is -3.78. The van der Waals surface area contributed by atoms with Gasteiger partial charge in [-0.1, -0.05) is 66.4 Å². The lowest BCUT2D eigenvalue weighted by atomic mass is 10.1. The zero-order chi connectivity index (χ0) is 24.2. The molecule has 3 aromatic carbocycles. The Bertz CT molecular complexity index is 1310. The van der Waals surface area contributed by atoms with Gasteiger partial charge in [-0.05, 0) is 41.8 Å².